The SMILES string of the molecule is CCNC(c1ccc(CC)o1)c1cccc2cnccc12. The predicted octanol–water partition coefficient (Wildman–Crippen LogP) is 4.09. The van der Waals surface area contributed by atoms with Crippen molar-refractivity contribution in [3.05, 3.63) is 65.9 Å². The Hall–Kier alpha value is -2.13. The average Bonchev–Trinajstić information content (AvgIpc) is 3.01. The zero-order chi connectivity index (χ0) is 14.7. The third-order valence-electron chi connectivity index (χ3n) is 3.75. The molecule has 0 radical (unpaired) electrons. The first-order valence-electron chi connectivity index (χ1n) is 7.48. The Bertz CT molecular complexity index is 727. The first kappa shape index (κ1) is 13.8. The number of benzene rings is 1. The summed E-state index contributed by atoms with van der Waals surface area (Å²) in [6.45, 7) is 5.10. The van der Waals surface area contributed by atoms with E-state index in [9.17, 15) is 0 Å². The first-order valence-corrected chi connectivity index (χ1v) is 7.48. The Morgan fingerprint density at radius 1 is 1.14 bits per heavy atom. The van der Waals surface area contributed by atoms with E-state index in [1.165, 1.54) is 10.9 Å². The molecule has 0 aliphatic carbocycles. The number of aryl methyl sites for hydroxylation is 1. The van der Waals surface area contributed by atoms with Crippen LogP contribution in [0.5, 0.6) is 0 Å². The van der Waals surface area contributed by atoms with Gasteiger partial charge in [-0.1, -0.05) is 32.0 Å². The highest BCUT2D eigenvalue weighted by Crippen LogP contribution is 2.29. The number of hydrogen-bond donors (Lipinski definition) is 1. The maximum atomic E-state index is 5.97. The molecule has 0 spiro atoms. The van der Waals surface area contributed by atoms with Gasteiger partial charge in [0.1, 0.15) is 11.5 Å². The van der Waals surface area contributed by atoms with Gasteiger partial charge in [0.25, 0.3) is 0 Å². The molecule has 3 nitrogen and oxygen atoms in total. The molecule has 1 atom stereocenters. The highest BCUT2D eigenvalue weighted by Gasteiger charge is 2.18. The second-order valence-electron chi connectivity index (χ2n) is 5.09. The lowest BCUT2D eigenvalue weighted by Crippen LogP contribution is -2.21. The van der Waals surface area contributed by atoms with Crippen molar-refractivity contribution < 1.29 is 4.42 Å². The van der Waals surface area contributed by atoms with Gasteiger partial charge in [-0.15, -0.1) is 0 Å². The molecule has 1 unspecified atom stereocenters. The van der Waals surface area contributed by atoms with E-state index in [0.717, 1.165) is 29.9 Å². The molecular formula is C18H20N2O. The van der Waals surface area contributed by atoms with Gasteiger partial charge in [-0.05, 0) is 35.7 Å². The maximum Gasteiger partial charge on any atom is 0.125 e. The van der Waals surface area contributed by atoms with Crippen LogP contribution in [0.2, 0.25) is 0 Å². The molecule has 0 saturated heterocycles. The minimum Gasteiger partial charge on any atom is -0.464 e. The summed E-state index contributed by atoms with van der Waals surface area (Å²) in [6, 6.07) is 12.6. The molecule has 108 valence electrons. The Balaban J connectivity index is 2.11. The van der Waals surface area contributed by atoms with Crippen molar-refractivity contribution >= 4 is 10.8 Å². The molecule has 0 aliphatic rings. The van der Waals surface area contributed by atoms with Gasteiger partial charge in [-0.25, -0.2) is 0 Å². The molecule has 1 aromatic carbocycles. The number of rotatable bonds is 5. The highest BCUT2D eigenvalue weighted by atomic mass is 16.3. The summed E-state index contributed by atoms with van der Waals surface area (Å²) in [5.74, 6) is 1.99. The molecule has 2 heterocycles. The van der Waals surface area contributed by atoms with Gasteiger partial charge in [-0.2, -0.15) is 0 Å². The van der Waals surface area contributed by atoms with E-state index in [4.69, 9.17) is 4.42 Å². The van der Waals surface area contributed by atoms with Crippen LogP contribution in [0.25, 0.3) is 10.8 Å². The van der Waals surface area contributed by atoms with Crippen LogP contribution in [0.3, 0.4) is 0 Å². The van der Waals surface area contributed by atoms with Crippen LogP contribution in [0.15, 0.2) is 53.2 Å². The van der Waals surface area contributed by atoms with E-state index in [1.54, 1.807) is 0 Å². The van der Waals surface area contributed by atoms with Crippen LogP contribution in [-0.2, 0) is 6.42 Å². The second-order valence-corrected chi connectivity index (χ2v) is 5.09. The highest BCUT2D eigenvalue weighted by molar-refractivity contribution is 5.85. The van der Waals surface area contributed by atoms with E-state index in [2.05, 4.69) is 60.5 Å². The Morgan fingerprint density at radius 3 is 2.81 bits per heavy atom. The Kier molecular flexibility index (Phi) is 4.02. The number of nitrogens with zero attached hydrogens (tertiary/aromatic N) is 1. The first-order chi connectivity index (χ1) is 10.3. The largest absolute Gasteiger partial charge is 0.464 e. The fourth-order valence-corrected chi connectivity index (χ4v) is 2.71. The van der Waals surface area contributed by atoms with Crippen LogP contribution in [-0.4, -0.2) is 11.5 Å². The summed E-state index contributed by atoms with van der Waals surface area (Å²) in [5.41, 5.74) is 1.23. The molecule has 0 bridgehead atoms. The fourth-order valence-electron chi connectivity index (χ4n) is 2.71. The summed E-state index contributed by atoms with van der Waals surface area (Å²) in [6.07, 6.45) is 4.66. The van der Waals surface area contributed by atoms with E-state index in [0.29, 0.717) is 0 Å². The number of fused-ring (bicyclic) bond motifs is 1. The minimum atomic E-state index is 0.0707. The van der Waals surface area contributed by atoms with Gasteiger partial charge in [0.15, 0.2) is 0 Å². The van der Waals surface area contributed by atoms with Crippen molar-refractivity contribution in [3.63, 3.8) is 0 Å². The fraction of sp³-hybridized carbons (Fsp3) is 0.278. The number of pyridine rings is 1. The lowest BCUT2D eigenvalue weighted by molar-refractivity contribution is 0.427. The van der Waals surface area contributed by atoms with Crippen molar-refractivity contribution in [1.29, 1.82) is 0 Å². The Morgan fingerprint density at radius 2 is 2.05 bits per heavy atom. The van der Waals surface area contributed by atoms with Crippen molar-refractivity contribution in [2.24, 2.45) is 0 Å². The molecule has 2 aromatic heterocycles. The topological polar surface area (TPSA) is 38.1 Å². The third kappa shape index (κ3) is 2.69. The van der Waals surface area contributed by atoms with Gasteiger partial charge < -0.3 is 9.73 Å². The molecule has 0 saturated carbocycles. The summed E-state index contributed by atoms with van der Waals surface area (Å²) in [7, 11) is 0. The zero-order valence-electron chi connectivity index (χ0n) is 12.5. The van der Waals surface area contributed by atoms with Gasteiger partial charge in [-0.3, -0.25) is 4.98 Å². The summed E-state index contributed by atoms with van der Waals surface area (Å²) >= 11 is 0. The van der Waals surface area contributed by atoms with Crippen molar-refractivity contribution in [2.75, 3.05) is 6.54 Å². The van der Waals surface area contributed by atoms with Crippen LogP contribution < -0.4 is 5.32 Å². The van der Waals surface area contributed by atoms with Crippen LogP contribution >= 0.6 is 0 Å². The Labute approximate surface area is 125 Å². The van der Waals surface area contributed by atoms with Gasteiger partial charge in [0, 0.05) is 24.2 Å². The minimum absolute atomic E-state index is 0.0707. The van der Waals surface area contributed by atoms with Gasteiger partial charge in [0.05, 0.1) is 6.04 Å². The van der Waals surface area contributed by atoms with Crippen LogP contribution in [0, 0.1) is 0 Å². The van der Waals surface area contributed by atoms with Crippen LogP contribution in [0.1, 0.15) is 37.0 Å². The van der Waals surface area contributed by atoms with E-state index in [-0.39, 0.29) is 6.04 Å². The molecular weight excluding hydrogens is 260 g/mol. The van der Waals surface area contributed by atoms with Gasteiger partial charge >= 0.3 is 0 Å². The average molecular weight is 280 g/mol. The van der Waals surface area contributed by atoms with Crippen molar-refractivity contribution in [1.82, 2.24) is 10.3 Å². The predicted molar refractivity (Wildman–Crippen MR) is 85.3 cm³/mol. The second kappa shape index (κ2) is 6.10. The number of furan rings is 1. The molecule has 1 N–H and O–H groups in total. The standard InChI is InChI=1S/C18H20N2O/c1-3-14-8-9-17(21-14)18(20-4-2)16-7-5-6-13-12-19-11-10-15(13)16/h5-12,18,20H,3-4H2,1-2H3. The maximum absolute atomic E-state index is 5.97. The van der Waals surface area contributed by atoms with Crippen molar-refractivity contribution in [2.45, 2.75) is 26.3 Å². The number of nitrogens with one attached hydrogen (secondary N) is 1. The van der Waals surface area contributed by atoms with E-state index in [1.807, 2.05) is 12.4 Å². The smallest absolute Gasteiger partial charge is 0.125 e. The normalized spacial score (nSPS) is 12.7. The molecule has 3 aromatic rings. The summed E-state index contributed by atoms with van der Waals surface area (Å²) < 4.78 is 5.97. The molecule has 0 fully saturated rings. The molecule has 3 rings (SSSR count). The third-order valence-corrected chi connectivity index (χ3v) is 3.75. The molecule has 21 heavy (non-hydrogen) atoms. The zero-order valence-corrected chi connectivity index (χ0v) is 12.5. The number of aromatic nitrogens is 1. The van der Waals surface area contributed by atoms with Crippen molar-refractivity contribution in [3.8, 4) is 0 Å². The van der Waals surface area contributed by atoms with Gasteiger partial charge in [0.2, 0.25) is 0 Å². The van der Waals surface area contributed by atoms with E-state index < -0.39 is 0 Å². The summed E-state index contributed by atoms with van der Waals surface area (Å²) in [5, 5.41) is 5.90. The summed E-state index contributed by atoms with van der Waals surface area (Å²) in [4.78, 5) is 4.21. The quantitative estimate of drug-likeness (QED) is 0.765. The number of hydrogen-bond acceptors (Lipinski definition) is 3. The monoisotopic (exact) mass is 280 g/mol. The van der Waals surface area contributed by atoms with Crippen LogP contribution in [0.4, 0.5) is 0 Å². The molecule has 0 aliphatic heterocycles. The van der Waals surface area contributed by atoms with E-state index >= 15 is 0 Å². The molecule has 0 amide bonds. The lowest BCUT2D eigenvalue weighted by atomic mass is 9.98. The molecule has 3 heteroatoms. The lowest BCUT2D eigenvalue weighted by Gasteiger charge is -2.18.